The summed E-state index contributed by atoms with van der Waals surface area (Å²) in [5.74, 6) is -3.67. The lowest BCUT2D eigenvalue weighted by Gasteiger charge is -2.16. The van der Waals surface area contributed by atoms with E-state index in [1.54, 1.807) is 30.3 Å². The first-order valence-electron chi connectivity index (χ1n) is 9.46. The summed E-state index contributed by atoms with van der Waals surface area (Å²) in [6, 6.07) is 12.3. The van der Waals surface area contributed by atoms with Crippen molar-refractivity contribution in [2.75, 3.05) is 16.8 Å². The zero-order valence-corrected chi connectivity index (χ0v) is 21.4. The van der Waals surface area contributed by atoms with E-state index in [0.29, 0.717) is 4.41 Å². The second kappa shape index (κ2) is 11.2. The molecule has 34 heavy (non-hydrogen) atoms. The largest absolute Gasteiger partial charge is 0.465 e. The molecule has 3 aromatic rings. The molecule has 0 spiro atoms. The molecule has 178 valence electrons. The normalized spacial score (nSPS) is 12.0. The molecule has 0 aliphatic heterocycles. The highest BCUT2D eigenvalue weighted by Crippen LogP contribution is 2.33. The Hall–Kier alpha value is -2.61. The lowest BCUT2D eigenvalue weighted by Crippen LogP contribution is -2.19. The molecule has 0 aromatic heterocycles. The summed E-state index contributed by atoms with van der Waals surface area (Å²) in [5.41, 5.74) is 0.134. The van der Waals surface area contributed by atoms with E-state index in [0.717, 1.165) is 28.5 Å². The number of methoxy groups -OCH3 is 1. The van der Waals surface area contributed by atoms with Crippen LogP contribution >= 0.6 is 34.2 Å². The first kappa shape index (κ1) is 26.0. The summed E-state index contributed by atoms with van der Waals surface area (Å²) < 4.78 is 57.6. The number of hydrogen-bond donors (Lipinski definition) is 2. The molecule has 3 aromatic carbocycles. The van der Waals surface area contributed by atoms with Crippen molar-refractivity contribution in [3.63, 3.8) is 0 Å². The molecule has 0 saturated heterocycles. The van der Waals surface area contributed by atoms with Gasteiger partial charge >= 0.3 is 5.97 Å². The van der Waals surface area contributed by atoms with Gasteiger partial charge in [-0.1, -0.05) is 29.3 Å². The van der Waals surface area contributed by atoms with Crippen LogP contribution in [0.4, 0.5) is 25.8 Å². The van der Waals surface area contributed by atoms with Crippen LogP contribution in [0.2, 0.25) is 5.02 Å². The Labute approximate surface area is 215 Å². The first-order valence-corrected chi connectivity index (χ1v) is 12.0. The summed E-state index contributed by atoms with van der Waals surface area (Å²) in [5, 5.41) is 6.68. The Morgan fingerprint density at radius 2 is 1.88 bits per heavy atom. The fourth-order valence-electron chi connectivity index (χ4n) is 2.84. The molecule has 1 unspecified atom stereocenters. The van der Waals surface area contributed by atoms with E-state index >= 15 is 4.39 Å². The molecule has 0 heterocycles. The third-order valence-corrected chi connectivity index (χ3v) is 6.12. The number of nitrogens with zero attached hydrogens (tertiary/aromatic N) is 2. The second-order valence-corrected chi connectivity index (χ2v) is 9.30. The average molecular weight is 620 g/mol. The Kier molecular flexibility index (Phi) is 8.57. The molecule has 0 amide bonds. The highest BCUT2D eigenvalue weighted by atomic mass is 127. The molecule has 0 saturated carbocycles. The van der Waals surface area contributed by atoms with E-state index in [-0.39, 0.29) is 22.0 Å². The number of halogens is 4. The number of esters is 1. The van der Waals surface area contributed by atoms with Gasteiger partial charge in [0.05, 0.1) is 41.0 Å². The SMILES string of the molecule is COC(=O)c1cc(/C=N/N(c2ccc(C)cc2)S(=O)O)c(F)c(F)c1Nc1ccc(I)cc1Cl. The smallest absolute Gasteiger partial charge is 0.340 e. The molecular weight excluding hydrogens is 603 g/mol. The van der Waals surface area contributed by atoms with Crippen molar-refractivity contribution in [2.45, 2.75) is 6.92 Å². The van der Waals surface area contributed by atoms with E-state index in [2.05, 4.69) is 10.4 Å². The van der Waals surface area contributed by atoms with Gasteiger partial charge in [-0.15, -0.1) is 0 Å². The number of aryl methyl sites for hydroxylation is 1. The Balaban J connectivity index is 2.06. The number of benzene rings is 3. The van der Waals surface area contributed by atoms with Crippen molar-refractivity contribution in [3.8, 4) is 0 Å². The van der Waals surface area contributed by atoms with Crippen LogP contribution in [-0.4, -0.2) is 28.1 Å². The molecule has 7 nitrogen and oxygen atoms in total. The standard InChI is InChI=1S/C22H17ClF2IN3O4S/c1-12-3-6-15(7-4-12)29(34(31)32)27-11-13-9-16(22(30)33-2)21(20(25)19(13)24)28-18-8-5-14(26)10-17(18)23/h3-11,28H,1-2H3,(H,31,32)/b27-11+. The summed E-state index contributed by atoms with van der Waals surface area (Å²) in [6.45, 7) is 1.83. The zero-order chi connectivity index (χ0) is 25.0. The van der Waals surface area contributed by atoms with Gasteiger partial charge < -0.3 is 10.1 Å². The van der Waals surface area contributed by atoms with Crippen molar-refractivity contribution in [1.82, 2.24) is 0 Å². The maximum Gasteiger partial charge on any atom is 0.340 e. The third-order valence-electron chi connectivity index (χ3n) is 4.54. The number of anilines is 3. The molecule has 12 heteroatoms. The van der Waals surface area contributed by atoms with E-state index in [1.165, 1.54) is 12.1 Å². The zero-order valence-electron chi connectivity index (χ0n) is 17.7. The molecule has 0 fully saturated rings. The van der Waals surface area contributed by atoms with Crippen molar-refractivity contribution >= 4 is 74.7 Å². The number of carbonyl (C=O) groups is 1. The van der Waals surface area contributed by atoms with E-state index < -0.39 is 40.1 Å². The van der Waals surface area contributed by atoms with E-state index in [4.69, 9.17) is 16.3 Å². The number of rotatable bonds is 7. The van der Waals surface area contributed by atoms with Gasteiger partial charge in [0.1, 0.15) is 0 Å². The topological polar surface area (TPSA) is 91.2 Å². The number of hydrogen-bond acceptors (Lipinski definition) is 5. The van der Waals surface area contributed by atoms with Crippen LogP contribution < -0.4 is 9.73 Å². The fraction of sp³-hybridized carbons (Fsp3) is 0.0909. The molecule has 0 bridgehead atoms. The number of ether oxygens (including phenoxy) is 1. The molecule has 3 rings (SSSR count). The van der Waals surface area contributed by atoms with Crippen molar-refractivity contribution in [3.05, 3.63) is 85.4 Å². The van der Waals surface area contributed by atoms with Gasteiger partial charge in [-0.05, 0) is 65.9 Å². The molecule has 0 radical (unpaired) electrons. The molecule has 0 aliphatic carbocycles. The lowest BCUT2D eigenvalue weighted by molar-refractivity contribution is 0.0601. The summed E-state index contributed by atoms with van der Waals surface area (Å²) >= 11 is 5.61. The van der Waals surface area contributed by atoms with Crippen LogP contribution in [0.25, 0.3) is 0 Å². The van der Waals surface area contributed by atoms with Crippen LogP contribution in [0.1, 0.15) is 21.5 Å². The highest BCUT2D eigenvalue weighted by molar-refractivity contribution is 14.1. The van der Waals surface area contributed by atoms with E-state index in [9.17, 15) is 17.9 Å². The van der Waals surface area contributed by atoms with Crippen molar-refractivity contribution < 1.29 is 27.1 Å². The van der Waals surface area contributed by atoms with Crippen LogP contribution in [0.3, 0.4) is 0 Å². The quantitative estimate of drug-likeness (QED) is 0.111. The van der Waals surface area contributed by atoms with Gasteiger partial charge in [-0.2, -0.15) is 9.52 Å². The number of nitrogens with one attached hydrogen (secondary N) is 1. The van der Waals surface area contributed by atoms with Crippen LogP contribution in [0, 0.1) is 22.1 Å². The minimum absolute atomic E-state index is 0.229. The minimum atomic E-state index is -2.60. The van der Waals surface area contributed by atoms with Gasteiger partial charge in [0.15, 0.2) is 11.6 Å². The number of hydrazone groups is 1. The maximum atomic E-state index is 15.1. The van der Waals surface area contributed by atoms with Gasteiger partial charge in [-0.3, -0.25) is 4.55 Å². The summed E-state index contributed by atoms with van der Waals surface area (Å²) in [6.07, 6.45) is 0.834. The maximum absolute atomic E-state index is 15.1. The molecule has 1 atom stereocenters. The van der Waals surface area contributed by atoms with Gasteiger partial charge in [0.25, 0.3) is 11.3 Å². The molecule has 2 N–H and O–H groups in total. The van der Waals surface area contributed by atoms with Crippen molar-refractivity contribution in [2.24, 2.45) is 5.10 Å². The van der Waals surface area contributed by atoms with E-state index in [1.807, 2.05) is 29.5 Å². The van der Waals surface area contributed by atoms with Crippen molar-refractivity contribution in [1.29, 1.82) is 0 Å². The number of carbonyl (C=O) groups excluding carboxylic acids is 1. The average Bonchev–Trinajstić information content (AvgIpc) is 2.80. The predicted octanol–water partition coefficient (Wildman–Crippen LogP) is 6.04. The summed E-state index contributed by atoms with van der Waals surface area (Å²) in [4.78, 5) is 12.3. The summed E-state index contributed by atoms with van der Waals surface area (Å²) in [7, 11) is 1.09. The molecular formula is C22H17ClF2IN3O4S. The van der Waals surface area contributed by atoms with Gasteiger partial charge in [0.2, 0.25) is 0 Å². The third kappa shape index (κ3) is 5.90. The highest BCUT2D eigenvalue weighted by Gasteiger charge is 2.24. The monoisotopic (exact) mass is 619 g/mol. The van der Waals surface area contributed by atoms with Gasteiger partial charge in [0, 0.05) is 9.13 Å². The van der Waals surface area contributed by atoms with Crippen LogP contribution in [-0.2, 0) is 16.0 Å². The molecule has 0 aliphatic rings. The first-order chi connectivity index (χ1) is 16.1. The second-order valence-electron chi connectivity index (χ2n) is 6.84. The van der Waals surface area contributed by atoms with Crippen LogP contribution in [0.5, 0.6) is 0 Å². The Morgan fingerprint density at radius 3 is 2.47 bits per heavy atom. The minimum Gasteiger partial charge on any atom is -0.465 e. The Morgan fingerprint density at radius 1 is 1.21 bits per heavy atom. The predicted molar refractivity (Wildman–Crippen MR) is 137 cm³/mol. The Bertz CT molecular complexity index is 1290. The van der Waals surface area contributed by atoms with Gasteiger partial charge in [-0.25, -0.2) is 17.8 Å². The fourth-order valence-corrected chi connectivity index (χ4v) is 4.18. The van der Waals surface area contributed by atoms with Crippen LogP contribution in [0.15, 0.2) is 53.6 Å². The lowest BCUT2D eigenvalue weighted by atomic mass is 10.1.